The number of nitrogens with one attached hydrogen (secondary N) is 1. The van der Waals surface area contributed by atoms with Crippen LogP contribution in [0.4, 0.5) is 5.69 Å². The minimum atomic E-state index is -0.326. The van der Waals surface area contributed by atoms with Gasteiger partial charge in [-0.2, -0.15) is 0 Å². The summed E-state index contributed by atoms with van der Waals surface area (Å²) in [4.78, 5) is 14.4. The number of benzene rings is 1. The van der Waals surface area contributed by atoms with Crippen molar-refractivity contribution in [3.63, 3.8) is 0 Å². The number of piperidine rings is 1. The van der Waals surface area contributed by atoms with Crippen LogP contribution < -0.4 is 5.32 Å². The summed E-state index contributed by atoms with van der Waals surface area (Å²) in [5.74, 6) is 0.740. The van der Waals surface area contributed by atoms with Gasteiger partial charge in [-0.25, -0.2) is 0 Å². The van der Waals surface area contributed by atoms with Gasteiger partial charge in [0.05, 0.1) is 0 Å². The second-order valence-electron chi connectivity index (χ2n) is 6.81. The van der Waals surface area contributed by atoms with Crippen LogP contribution in [-0.2, 0) is 9.53 Å². The molecular formula is C19H30N2O2. The topological polar surface area (TPSA) is 41.6 Å². The van der Waals surface area contributed by atoms with E-state index in [4.69, 9.17) is 4.74 Å². The molecule has 1 aromatic rings. The predicted octanol–water partition coefficient (Wildman–Crippen LogP) is 3.54. The number of amides is 1. The lowest BCUT2D eigenvalue weighted by Gasteiger charge is -2.34. The molecule has 0 aromatic heterocycles. The standard InChI is InChI=1S/C19H30N2O2/c1-15(2)11-14-23-16(3)19(22)21-12-9-18(10-13-21)20-17-7-5-4-6-8-17/h4-8,15-16,18,20H,9-14H2,1-3H3. The lowest BCUT2D eigenvalue weighted by atomic mass is 10.0. The average molecular weight is 318 g/mol. The van der Waals surface area contributed by atoms with Gasteiger partial charge in [0.1, 0.15) is 6.10 Å². The van der Waals surface area contributed by atoms with E-state index in [1.165, 1.54) is 0 Å². The fourth-order valence-electron chi connectivity index (χ4n) is 2.82. The van der Waals surface area contributed by atoms with E-state index >= 15 is 0 Å². The molecule has 0 saturated carbocycles. The van der Waals surface area contributed by atoms with E-state index in [0.29, 0.717) is 18.6 Å². The number of rotatable bonds is 7. The lowest BCUT2D eigenvalue weighted by molar-refractivity contribution is -0.143. The third kappa shape index (κ3) is 5.87. The van der Waals surface area contributed by atoms with Crippen LogP contribution in [-0.4, -0.2) is 42.6 Å². The van der Waals surface area contributed by atoms with Crippen LogP contribution in [0.5, 0.6) is 0 Å². The van der Waals surface area contributed by atoms with Crippen LogP contribution in [0, 0.1) is 5.92 Å². The molecule has 0 spiro atoms. The smallest absolute Gasteiger partial charge is 0.251 e. The Hall–Kier alpha value is -1.55. The maximum atomic E-state index is 12.4. The molecule has 128 valence electrons. The average Bonchev–Trinajstić information content (AvgIpc) is 2.55. The minimum Gasteiger partial charge on any atom is -0.382 e. The molecule has 1 heterocycles. The summed E-state index contributed by atoms with van der Waals surface area (Å²) in [6, 6.07) is 10.7. The Kier molecular flexibility index (Phi) is 6.90. The molecule has 1 fully saturated rings. The van der Waals surface area contributed by atoms with E-state index in [9.17, 15) is 4.79 Å². The molecule has 4 heteroatoms. The summed E-state index contributed by atoms with van der Waals surface area (Å²) >= 11 is 0. The highest BCUT2D eigenvalue weighted by Crippen LogP contribution is 2.17. The molecule has 1 atom stereocenters. The molecule has 23 heavy (non-hydrogen) atoms. The summed E-state index contributed by atoms with van der Waals surface area (Å²) < 4.78 is 5.68. The zero-order chi connectivity index (χ0) is 16.7. The van der Waals surface area contributed by atoms with Gasteiger partial charge in [0, 0.05) is 31.4 Å². The van der Waals surface area contributed by atoms with Crippen LogP contribution in [0.1, 0.15) is 40.0 Å². The summed E-state index contributed by atoms with van der Waals surface area (Å²) in [6.45, 7) is 8.48. The van der Waals surface area contributed by atoms with Crippen molar-refractivity contribution >= 4 is 11.6 Å². The van der Waals surface area contributed by atoms with E-state index < -0.39 is 0 Å². The molecule has 4 nitrogen and oxygen atoms in total. The van der Waals surface area contributed by atoms with Crippen molar-refractivity contribution in [2.45, 2.75) is 52.2 Å². The number of ether oxygens (including phenoxy) is 1. The lowest BCUT2D eigenvalue weighted by Crippen LogP contribution is -2.46. The number of likely N-dealkylation sites (tertiary alicyclic amines) is 1. The van der Waals surface area contributed by atoms with Crippen molar-refractivity contribution in [1.82, 2.24) is 4.90 Å². The van der Waals surface area contributed by atoms with Gasteiger partial charge in [0.25, 0.3) is 5.91 Å². The molecule has 0 bridgehead atoms. The Morgan fingerprint density at radius 2 is 1.87 bits per heavy atom. The van der Waals surface area contributed by atoms with Crippen molar-refractivity contribution in [3.05, 3.63) is 30.3 Å². The zero-order valence-electron chi connectivity index (χ0n) is 14.6. The number of nitrogens with zero attached hydrogens (tertiary/aromatic N) is 1. The zero-order valence-corrected chi connectivity index (χ0v) is 14.6. The number of anilines is 1. The normalized spacial score (nSPS) is 17.3. The first-order valence-corrected chi connectivity index (χ1v) is 8.78. The second-order valence-corrected chi connectivity index (χ2v) is 6.81. The molecule has 2 rings (SSSR count). The van der Waals surface area contributed by atoms with Crippen LogP contribution in [0.15, 0.2) is 30.3 Å². The van der Waals surface area contributed by atoms with Crippen LogP contribution >= 0.6 is 0 Å². The quantitative estimate of drug-likeness (QED) is 0.836. The monoisotopic (exact) mass is 318 g/mol. The molecule has 0 radical (unpaired) electrons. The molecular weight excluding hydrogens is 288 g/mol. The first kappa shape index (κ1) is 17.8. The number of carbonyl (C=O) groups excluding carboxylic acids is 1. The first-order chi connectivity index (χ1) is 11.1. The molecule has 1 amide bonds. The number of hydrogen-bond acceptors (Lipinski definition) is 3. The SMILES string of the molecule is CC(C)CCOC(C)C(=O)N1CCC(Nc2ccccc2)CC1. The van der Waals surface area contributed by atoms with Gasteiger partial charge in [-0.05, 0) is 44.2 Å². The number of carbonyl (C=O) groups is 1. The van der Waals surface area contributed by atoms with Crippen molar-refractivity contribution in [1.29, 1.82) is 0 Å². The number of para-hydroxylation sites is 1. The van der Waals surface area contributed by atoms with E-state index in [1.807, 2.05) is 30.0 Å². The van der Waals surface area contributed by atoms with Crippen molar-refractivity contribution in [3.8, 4) is 0 Å². The Morgan fingerprint density at radius 3 is 2.48 bits per heavy atom. The molecule has 0 aliphatic carbocycles. The second kappa shape index (κ2) is 8.92. The van der Waals surface area contributed by atoms with Crippen molar-refractivity contribution in [2.75, 3.05) is 25.0 Å². The van der Waals surface area contributed by atoms with Gasteiger partial charge >= 0.3 is 0 Å². The molecule has 1 aliphatic rings. The van der Waals surface area contributed by atoms with Crippen LogP contribution in [0.3, 0.4) is 0 Å². The Bertz CT molecular complexity index is 468. The van der Waals surface area contributed by atoms with Crippen molar-refractivity contribution < 1.29 is 9.53 Å². The third-order valence-electron chi connectivity index (χ3n) is 4.36. The number of hydrogen-bond donors (Lipinski definition) is 1. The Labute approximate surface area is 140 Å². The van der Waals surface area contributed by atoms with Crippen molar-refractivity contribution in [2.24, 2.45) is 5.92 Å². The van der Waals surface area contributed by atoms with E-state index in [1.54, 1.807) is 0 Å². The van der Waals surface area contributed by atoms with Crippen LogP contribution in [0.2, 0.25) is 0 Å². The highest BCUT2D eigenvalue weighted by Gasteiger charge is 2.26. The summed E-state index contributed by atoms with van der Waals surface area (Å²) in [5, 5.41) is 3.55. The van der Waals surface area contributed by atoms with Gasteiger partial charge in [-0.3, -0.25) is 4.79 Å². The van der Waals surface area contributed by atoms with Gasteiger partial charge in [0.2, 0.25) is 0 Å². The molecule has 1 saturated heterocycles. The first-order valence-electron chi connectivity index (χ1n) is 8.78. The summed E-state index contributed by atoms with van der Waals surface area (Å²) in [7, 11) is 0. The molecule has 1 N–H and O–H groups in total. The van der Waals surface area contributed by atoms with Crippen LogP contribution in [0.25, 0.3) is 0 Å². The van der Waals surface area contributed by atoms with Gasteiger partial charge in [-0.15, -0.1) is 0 Å². The van der Waals surface area contributed by atoms with Gasteiger partial charge < -0.3 is 15.0 Å². The van der Waals surface area contributed by atoms with E-state index in [-0.39, 0.29) is 12.0 Å². The maximum Gasteiger partial charge on any atom is 0.251 e. The maximum absolute atomic E-state index is 12.4. The molecule has 1 aromatic carbocycles. The Morgan fingerprint density at radius 1 is 1.22 bits per heavy atom. The highest BCUT2D eigenvalue weighted by molar-refractivity contribution is 5.80. The molecule has 1 unspecified atom stereocenters. The minimum absolute atomic E-state index is 0.131. The Balaban J connectivity index is 1.71. The summed E-state index contributed by atoms with van der Waals surface area (Å²) in [5.41, 5.74) is 1.16. The highest BCUT2D eigenvalue weighted by atomic mass is 16.5. The summed E-state index contributed by atoms with van der Waals surface area (Å²) in [6.07, 6.45) is 2.65. The van der Waals surface area contributed by atoms with Gasteiger partial charge in [-0.1, -0.05) is 32.0 Å². The fraction of sp³-hybridized carbons (Fsp3) is 0.632. The largest absolute Gasteiger partial charge is 0.382 e. The third-order valence-corrected chi connectivity index (χ3v) is 4.36. The van der Waals surface area contributed by atoms with E-state index in [0.717, 1.165) is 38.0 Å². The van der Waals surface area contributed by atoms with Gasteiger partial charge in [0.15, 0.2) is 0 Å². The van der Waals surface area contributed by atoms with E-state index in [2.05, 4.69) is 31.3 Å². The predicted molar refractivity (Wildman–Crippen MR) is 94.5 cm³/mol. The fourth-order valence-corrected chi connectivity index (χ4v) is 2.82. The molecule has 1 aliphatic heterocycles.